The Bertz CT molecular complexity index is 516. The average molecular weight is 290 g/mol. The van der Waals surface area contributed by atoms with Gasteiger partial charge >= 0.3 is 12.0 Å². The minimum Gasteiger partial charge on any atom is -0.478 e. The van der Waals surface area contributed by atoms with E-state index in [9.17, 15) is 9.59 Å². The van der Waals surface area contributed by atoms with Crippen molar-refractivity contribution in [2.45, 2.75) is 45.1 Å². The number of rotatable bonds is 3. The molecule has 1 aliphatic rings. The van der Waals surface area contributed by atoms with Crippen molar-refractivity contribution in [3.8, 4) is 0 Å². The third kappa shape index (κ3) is 4.48. The van der Waals surface area contributed by atoms with Crippen molar-refractivity contribution in [3.63, 3.8) is 0 Å². The molecule has 1 saturated carbocycles. The highest BCUT2D eigenvalue weighted by atomic mass is 16.4. The second-order valence-electron chi connectivity index (χ2n) is 5.71. The lowest BCUT2D eigenvalue weighted by atomic mass is 9.97. The van der Waals surface area contributed by atoms with E-state index in [2.05, 4.69) is 17.6 Å². The van der Waals surface area contributed by atoms with Gasteiger partial charge in [-0.2, -0.15) is 0 Å². The van der Waals surface area contributed by atoms with Gasteiger partial charge in [-0.25, -0.2) is 9.59 Å². The standard InChI is InChI=1S/C16H22N2O3/c1-11-6-3-2-4-9-14(11)18-16(21)17-13-8-5-7-12(10-13)15(19)20/h5,7-8,10-11,14H,2-4,6,9H2,1H3,(H,19,20)(H2,17,18,21). The van der Waals surface area contributed by atoms with Crippen LogP contribution in [0.15, 0.2) is 24.3 Å². The molecule has 0 aliphatic heterocycles. The molecule has 1 aliphatic carbocycles. The first-order chi connectivity index (χ1) is 10.1. The molecule has 0 aromatic heterocycles. The Hall–Kier alpha value is -2.04. The topological polar surface area (TPSA) is 78.4 Å². The summed E-state index contributed by atoms with van der Waals surface area (Å²) < 4.78 is 0. The number of carboxylic acid groups (broad SMARTS) is 1. The minimum absolute atomic E-state index is 0.163. The first-order valence-electron chi connectivity index (χ1n) is 7.47. The molecule has 5 nitrogen and oxygen atoms in total. The number of hydrogen-bond acceptors (Lipinski definition) is 2. The van der Waals surface area contributed by atoms with Crippen LogP contribution in [0.5, 0.6) is 0 Å². The molecule has 2 atom stereocenters. The lowest BCUT2D eigenvalue weighted by Crippen LogP contribution is -2.41. The molecule has 0 bridgehead atoms. The summed E-state index contributed by atoms with van der Waals surface area (Å²) in [6.07, 6.45) is 5.74. The van der Waals surface area contributed by atoms with Gasteiger partial charge in [-0.1, -0.05) is 32.3 Å². The fraction of sp³-hybridized carbons (Fsp3) is 0.500. The molecule has 0 spiro atoms. The van der Waals surface area contributed by atoms with Gasteiger partial charge in [-0.15, -0.1) is 0 Å². The van der Waals surface area contributed by atoms with E-state index < -0.39 is 5.97 Å². The highest BCUT2D eigenvalue weighted by molar-refractivity contribution is 5.93. The highest BCUT2D eigenvalue weighted by Gasteiger charge is 2.21. The van der Waals surface area contributed by atoms with E-state index in [4.69, 9.17) is 5.11 Å². The normalized spacial score (nSPS) is 22.1. The Kier molecular flexibility index (Phi) is 5.20. The zero-order valence-electron chi connectivity index (χ0n) is 12.3. The monoisotopic (exact) mass is 290 g/mol. The molecule has 3 N–H and O–H groups in total. The zero-order valence-corrected chi connectivity index (χ0v) is 12.3. The molecule has 0 heterocycles. The Balaban J connectivity index is 1.94. The van der Waals surface area contributed by atoms with Crippen LogP contribution in [0, 0.1) is 5.92 Å². The third-order valence-corrected chi connectivity index (χ3v) is 4.05. The van der Waals surface area contributed by atoms with E-state index in [1.165, 1.54) is 25.0 Å². The van der Waals surface area contributed by atoms with E-state index >= 15 is 0 Å². The number of hydrogen-bond donors (Lipinski definition) is 3. The maximum atomic E-state index is 12.0. The van der Waals surface area contributed by atoms with Gasteiger partial charge in [-0.05, 0) is 37.0 Å². The lowest BCUT2D eigenvalue weighted by Gasteiger charge is -2.23. The minimum atomic E-state index is -1.00. The molecule has 5 heteroatoms. The van der Waals surface area contributed by atoms with Crippen LogP contribution in [0.2, 0.25) is 0 Å². The molecule has 2 amide bonds. The number of amides is 2. The Morgan fingerprint density at radius 2 is 1.95 bits per heavy atom. The molecule has 2 rings (SSSR count). The van der Waals surface area contributed by atoms with Crippen LogP contribution in [0.25, 0.3) is 0 Å². The summed E-state index contributed by atoms with van der Waals surface area (Å²) in [5.74, 6) is -0.528. The molecular formula is C16H22N2O3. The fourth-order valence-corrected chi connectivity index (χ4v) is 2.77. The van der Waals surface area contributed by atoms with Crippen LogP contribution >= 0.6 is 0 Å². The van der Waals surface area contributed by atoms with Gasteiger partial charge < -0.3 is 15.7 Å². The number of aromatic carboxylic acids is 1. The van der Waals surface area contributed by atoms with E-state index in [0.29, 0.717) is 11.6 Å². The van der Waals surface area contributed by atoms with Crippen molar-refractivity contribution in [1.82, 2.24) is 5.32 Å². The molecule has 1 aromatic carbocycles. The molecule has 1 aromatic rings. The van der Waals surface area contributed by atoms with Crippen molar-refractivity contribution in [1.29, 1.82) is 0 Å². The van der Waals surface area contributed by atoms with E-state index in [0.717, 1.165) is 19.3 Å². The van der Waals surface area contributed by atoms with Crippen LogP contribution in [0.4, 0.5) is 10.5 Å². The number of carbonyl (C=O) groups excluding carboxylic acids is 1. The summed E-state index contributed by atoms with van der Waals surface area (Å²) in [4.78, 5) is 23.0. The summed E-state index contributed by atoms with van der Waals surface area (Å²) in [5, 5.41) is 14.7. The van der Waals surface area contributed by atoms with Crippen molar-refractivity contribution in [2.75, 3.05) is 5.32 Å². The number of anilines is 1. The summed E-state index contributed by atoms with van der Waals surface area (Å²) in [6.45, 7) is 2.17. The molecule has 1 fully saturated rings. The van der Waals surface area contributed by atoms with Gasteiger partial charge in [0.05, 0.1) is 5.56 Å². The second-order valence-corrected chi connectivity index (χ2v) is 5.71. The van der Waals surface area contributed by atoms with Crippen molar-refractivity contribution >= 4 is 17.7 Å². The van der Waals surface area contributed by atoms with E-state index in [1.54, 1.807) is 12.1 Å². The largest absolute Gasteiger partial charge is 0.478 e. The third-order valence-electron chi connectivity index (χ3n) is 4.05. The van der Waals surface area contributed by atoms with Gasteiger partial charge in [0.25, 0.3) is 0 Å². The summed E-state index contributed by atoms with van der Waals surface area (Å²) in [6, 6.07) is 6.18. The highest BCUT2D eigenvalue weighted by Crippen LogP contribution is 2.23. The number of benzene rings is 1. The fourth-order valence-electron chi connectivity index (χ4n) is 2.77. The van der Waals surface area contributed by atoms with Crippen LogP contribution in [-0.2, 0) is 0 Å². The Labute approximate surface area is 124 Å². The van der Waals surface area contributed by atoms with Gasteiger partial charge in [0.15, 0.2) is 0 Å². The predicted molar refractivity (Wildman–Crippen MR) is 81.6 cm³/mol. The predicted octanol–water partition coefficient (Wildman–Crippen LogP) is 3.48. The number of carboxylic acids is 1. The molecule has 114 valence electrons. The van der Waals surface area contributed by atoms with Gasteiger partial charge in [0, 0.05) is 11.7 Å². The zero-order chi connectivity index (χ0) is 15.2. The molecule has 21 heavy (non-hydrogen) atoms. The smallest absolute Gasteiger partial charge is 0.335 e. The summed E-state index contributed by atoms with van der Waals surface area (Å²) >= 11 is 0. The second kappa shape index (κ2) is 7.11. The van der Waals surface area contributed by atoms with E-state index in [-0.39, 0.29) is 17.6 Å². The van der Waals surface area contributed by atoms with Crippen LogP contribution in [-0.4, -0.2) is 23.1 Å². The maximum absolute atomic E-state index is 12.0. The summed E-state index contributed by atoms with van der Waals surface area (Å²) in [7, 11) is 0. The number of nitrogens with one attached hydrogen (secondary N) is 2. The molecule has 0 saturated heterocycles. The molecule has 2 unspecified atom stereocenters. The average Bonchev–Trinajstić information content (AvgIpc) is 2.64. The van der Waals surface area contributed by atoms with Crippen LogP contribution < -0.4 is 10.6 Å². The van der Waals surface area contributed by atoms with Gasteiger partial charge in [0.1, 0.15) is 0 Å². The quantitative estimate of drug-likeness (QED) is 0.746. The maximum Gasteiger partial charge on any atom is 0.335 e. The Morgan fingerprint density at radius 3 is 2.71 bits per heavy atom. The first kappa shape index (κ1) is 15.4. The van der Waals surface area contributed by atoms with Crippen molar-refractivity contribution < 1.29 is 14.7 Å². The SMILES string of the molecule is CC1CCCCCC1NC(=O)Nc1cccc(C(=O)O)c1. The van der Waals surface area contributed by atoms with Gasteiger partial charge in [0.2, 0.25) is 0 Å². The molecular weight excluding hydrogens is 268 g/mol. The molecule has 0 radical (unpaired) electrons. The number of urea groups is 1. The van der Waals surface area contributed by atoms with Crippen LogP contribution in [0.3, 0.4) is 0 Å². The van der Waals surface area contributed by atoms with Crippen molar-refractivity contribution in [3.05, 3.63) is 29.8 Å². The number of carbonyl (C=O) groups is 2. The Morgan fingerprint density at radius 1 is 1.19 bits per heavy atom. The van der Waals surface area contributed by atoms with Crippen LogP contribution in [0.1, 0.15) is 49.4 Å². The lowest BCUT2D eigenvalue weighted by molar-refractivity contribution is 0.0697. The van der Waals surface area contributed by atoms with Gasteiger partial charge in [-0.3, -0.25) is 0 Å². The van der Waals surface area contributed by atoms with E-state index in [1.807, 2.05) is 0 Å². The first-order valence-corrected chi connectivity index (χ1v) is 7.47. The van der Waals surface area contributed by atoms with Crippen molar-refractivity contribution in [2.24, 2.45) is 5.92 Å². The summed E-state index contributed by atoms with van der Waals surface area (Å²) in [5.41, 5.74) is 0.657.